The van der Waals surface area contributed by atoms with Gasteiger partial charge in [0.25, 0.3) is 0 Å². The van der Waals surface area contributed by atoms with Gasteiger partial charge >= 0.3 is 0 Å². The molecule has 0 aliphatic heterocycles. The van der Waals surface area contributed by atoms with Crippen molar-refractivity contribution in [2.24, 2.45) is 0 Å². The lowest BCUT2D eigenvalue weighted by atomic mass is 10.6. The quantitative estimate of drug-likeness (QED) is 0.514. The Hall–Kier alpha value is -0.920. The van der Waals surface area contributed by atoms with E-state index in [-0.39, 0.29) is 0 Å². The fourth-order valence-electron chi connectivity index (χ4n) is 0.391. The summed E-state index contributed by atoms with van der Waals surface area (Å²) < 4.78 is 4.77. The molecule has 1 heterocycles. The van der Waals surface area contributed by atoms with Crippen molar-refractivity contribution in [2.75, 3.05) is 7.11 Å². The molecule has 0 bridgehead atoms. The zero-order chi connectivity index (χ0) is 5.11. The van der Waals surface area contributed by atoms with Crippen LogP contribution in [0.2, 0.25) is 0 Å². The average molecular weight is 96.1 g/mol. The highest BCUT2D eigenvalue weighted by molar-refractivity contribution is 5.13. The second kappa shape index (κ2) is 1.69. The monoisotopic (exact) mass is 96.0 g/mol. The Morgan fingerprint density at radius 1 is 1.86 bits per heavy atom. The predicted octanol–water partition coefficient (Wildman–Crippen LogP) is 0.823. The van der Waals surface area contributed by atoms with E-state index in [0.717, 1.165) is 5.75 Å². The molecule has 1 rings (SSSR count). The van der Waals surface area contributed by atoms with Crippen molar-refractivity contribution in [1.29, 1.82) is 0 Å². The van der Waals surface area contributed by atoms with Crippen LogP contribution in [0.5, 0.6) is 5.75 Å². The second-order valence-electron chi connectivity index (χ2n) is 1.17. The summed E-state index contributed by atoms with van der Waals surface area (Å²) in [5, 5.41) is 0. The second-order valence-corrected chi connectivity index (χ2v) is 1.17. The zero-order valence-electron chi connectivity index (χ0n) is 4.06. The van der Waals surface area contributed by atoms with Crippen molar-refractivity contribution < 1.29 is 4.74 Å². The Bertz CT molecular complexity index is 123. The summed E-state index contributed by atoms with van der Waals surface area (Å²) in [6, 6.07) is 1.81. The highest BCUT2D eigenvalue weighted by atomic mass is 16.5. The Morgan fingerprint density at radius 3 is 3.00 bits per heavy atom. The van der Waals surface area contributed by atoms with Gasteiger partial charge in [0.15, 0.2) is 0 Å². The summed E-state index contributed by atoms with van der Waals surface area (Å²) in [6.45, 7) is 0. The van der Waals surface area contributed by atoms with Crippen LogP contribution in [-0.4, -0.2) is 12.1 Å². The third kappa shape index (κ3) is 0.738. The van der Waals surface area contributed by atoms with Gasteiger partial charge in [-0.25, -0.2) is 0 Å². The first-order valence-corrected chi connectivity index (χ1v) is 2.02. The Balaban J connectivity index is 2.76. The number of hydrogen-bond acceptors (Lipinski definition) is 1. The number of rotatable bonds is 1. The molecule has 1 N–H and O–H groups in total. The fraction of sp³-hybridized carbons (Fsp3) is 0.200. The summed E-state index contributed by atoms with van der Waals surface area (Å²) in [4.78, 5) is 2.73. The third-order valence-corrected chi connectivity index (χ3v) is 0.733. The highest BCUT2D eigenvalue weighted by Gasteiger charge is 1.70. The van der Waals surface area contributed by atoms with Crippen molar-refractivity contribution >= 4 is 0 Å². The summed E-state index contributed by atoms with van der Waals surface area (Å²) in [6.07, 6.45) is 4.50. The minimum atomic E-state index is 0.750. The maximum atomic E-state index is 4.77. The van der Waals surface area contributed by atoms with Crippen LogP contribution in [-0.2, 0) is 0 Å². The van der Waals surface area contributed by atoms with Crippen molar-refractivity contribution in [3.05, 3.63) is 18.5 Å². The van der Waals surface area contributed by atoms with Gasteiger partial charge in [-0.3, -0.25) is 0 Å². The normalized spacial score (nSPS) is 8.71. The number of ether oxygens (including phenoxy) is 1. The highest BCUT2D eigenvalue weighted by Crippen LogP contribution is 2.02. The van der Waals surface area contributed by atoms with E-state index in [9.17, 15) is 0 Å². The van der Waals surface area contributed by atoms with E-state index in [2.05, 4.69) is 11.2 Å². The van der Waals surface area contributed by atoms with Crippen LogP contribution < -0.4 is 4.74 Å². The van der Waals surface area contributed by atoms with E-state index in [0.29, 0.717) is 0 Å². The van der Waals surface area contributed by atoms with E-state index in [1.54, 1.807) is 19.4 Å². The molecule has 0 unspecified atom stereocenters. The maximum Gasteiger partial charge on any atom is 0.0743 e. The average Bonchev–Trinajstić information content (AvgIpc) is 2.14. The van der Waals surface area contributed by atoms with Gasteiger partial charge in [-0.15, -0.1) is 6.20 Å². The molecule has 38 valence electrons. The number of nitrogens with one attached hydrogen (secondary N) is 1. The minimum absolute atomic E-state index is 0.750. The maximum absolute atomic E-state index is 4.77. The summed E-state index contributed by atoms with van der Waals surface area (Å²) >= 11 is 0. The van der Waals surface area contributed by atoms with Crippen LogP contribution in [0.4, 0.5) is 0 Å². The molecule has 2 heteroatoms. The van der Waals surface area contributed by atoms with Crippen molar-refractivity contribution in [1.82, 2.24) is 4.98 Å². The van der Waals surface area contributed by atoms with Gasteiger partial charge in [0.05, 0.1) is 7.11 Å². The molecular weight excluding hydrogens is 90.1 g/mol. The van der Waals surface area contributed by atoms with Gasteiger partial charge < -0.3 is 9.72 Å². The van der Waals surface area contributed by atoms with Crippen LogP contribution in [0.15, 0.2) is 12.3 Å². The lowest BCUT2D eigenvalue weighted by molar-refractivity contribution is 0.414. The molecule has 0 atom stereocenters. The molecule has 0 spiro atoms. The summed E-state index contributed by atoms with van der Waals surface area (Å²) in [5.41, 5.74) is 0. The SMILES string of the molecule is COc1[c-][nH]cc1. The smallest absolute Gasteiger partial charge is 0.0743 e. The fourth-order valence-corrected chi connectivity index (χ4v) is 0.391. The Kier molecular flexibility index (Phi) is 1.02. The number of methoxy groups -OCH3 is 1. The van der Waals surface area contributed by atoms with Crippen molar-refractivity contribution in [3.8, 4) is 5.75 Å². The first-order valence-electron chi connectivity index (χ1n) is 2.02. The minimum Gasteiger partial charge on any atom is -0.522 e. The van der Waals surface area contributed by atoms with Crippen LogP contribution in [0.3, 0.4) is 0 Å². The van der Waals surface area contributed by atoms with Crippen molar-refractivity contribution in [3.63, 3.8) is 0 Å². The molecule has 1 aromatic heterocycles. The molecule has 1 aromatic rings. The first-order chi connectivity index (χ1) is 3.43. The van der Waals surface area contributed by atoms with Crippen LogP contribution in [0, 0.1) is 6.20 Å². The predicted molar refractivity (Wildman–Crippen MR) is 26.2 cm³/mol. The molecule has 0 amide bonds. The van der Waals surface area contributed by atoms with Gasteiger partial charge in [0.2, 0.25) is 0 Å². The van der Waals surface area contributed by atoms with Crippen LogP contribution >= 0.6 is 0 Å². The lowest BCUT2D eigenvalue weighted by Crippen LogP contribution is -1.75. The molecule has 0 aromatic carbocycles. The molecule has 0 saturated carbocycles. The van der Waals surface area contributed by atoms with Gasteiger partial charge in [0, 0.05) is 5.75 Å². The van der Waals surface area contributed by atoms with Crippen molar-refractivity contribution in [2.45, 2.75) is 0 Å². The molecule has 0 radical (unpaired) electrons. The van der Waals surface area contributed by atoms with E-state index in [4.69, 9.17) is 4.74 Å². The standard InChI is InChI=1S/C5H6NO/c1-7-5-2-3-6-4-5/h2-3,6H,1H3/q-1. The summed E-state index contributed by atoms with van der Waals surface area (Å²) in [7, 11) is 1.61. The Labute approximate surface area is 42.1 Å². The van der Waals surface area contributed by atoms with E-state index >= 15 is 0 Å². The van der Waals surface area contributed by atoms with E-state index < -0.39 is 0 Å². The van der Waals surface area contributed by atoms with E-state index in [1.165, 1.54) is 0 Å². The van der Waals surface area contributed by atoms with Gasteiger partial charge in [0.1, 0.15) is 0 Å². The van der Waals surface area contributed by atoms with Gasteiger partial charge in [-0.05, 0) is 0 Å². The molecule has 0 saturated heterocycles. The molecule has 0 aliphatic rings. The number of hydrogen-bond donors (Lipinski definition) is 1. The lowest BCUT2D eigenvalue weighted by Gasteiger charge is -1.94. The molecule has 7 heavy (non-hydrogen) atoms. The number of H-pyrrole nitrogens is 1. The number of aromatic nitrogens is 1. The molecule has 2 nitrogen and oxygen atoms in total. The van der Waals surface area contributed by atoms with Crippen LogP contribution in [0.25, 0.3) is 0 Å². The first kappa shape index (κ1) is 4.24. The van der Waals surface area contributed by atoms with Crippen LogP contribution in [0.1, 0.15) is 0 Å². The molecular formula is C5H6NO-. The Morgan fingerprint density at radius 2 is 2.71 bits per heavy atom. The molecule has 0 fully saturated rings. The van der Waals surface area contributed by atoms with Gasteiger partial charge in [-0.1, -0.05) is 6.20 Å². The number of aromatic amines is 1. The topological polar surface area (TPSA) is 25.0 Å². The van der Waals surface area contributed by atoms with E-state index in [1.807, 2.05) is 0 Å². The third-order valence-electron chi connectivity index (χ3n) is 0.733. The zero-order valence-corrected chi connectivity index (χ0v) is 4.06. The largest absolute Gasteiger partial charge is 0.522 e. The summed E-state index contributed by atoms with van der Waals surface area (Å²) in [5.74, 6) is 0.750. The molecule has 0 aliphatic carbocycles. The van der Waals surface area contributed by atoms with Gasteiger partial charge in [-0.2, -0.15) is 6.07 Å².